The van der Waals surface area contributed by atoms with Gasteiger partial charge in [0.25, 0.3) is 0 Å². The third kappa shape index (κ3) is 4.45. The highest BCUT2D eigenvalue weighted by molar-refractivity contribution is 5.26. The molecule has 0 saturated heterocycles. The van der Waals surface area contributed by atoms with Crippen LogP contribution in [-0.4, -0.2) is 12.6 Å². The van der Waals surface area contributed by atoms with E-state index < -0.39 is 0 Å². The number of hydrogen-bond acceptors (Lipinski definition) is 1. The lowest BCUT2D eigenvalue weighted by molar-refractivity contribution is 0.297. The van der Waals surface area contributed by atoms with Crippen LogP contribution in [0.4, 0.5) is 0 Å². The first-order valence-corrected chi connectivity index (χ1v) is 7.34. The Morgan fingerprint density at radius 3 is 2.33 bits per heavy atom. The van der Waals surface area contributed by atoms with Crippen LogP contribution in [0.3, 0.4) is 0 Å². The van der Waals surface area contributed by atoms with Crippen LogP contribution in [-0.2, 0) is 6.42 Å². The molecule has 18 heavy (non-hydrogen) atoms. The predicted molar refractivity (Wildman–Crippen MR) is 81.0 cm³/mol. The number of hydrogen-bond donors (Lipinski definition) is 1. The Hall–Kier alpha value is -0.820. The van der Waals surface area contributed by atoms with Crippen molar-refractivity contribution >= 4 is 0 Å². The second-order valence-corrected chi connectivity index (χ2v) is 5.79. The minimum absolute atomic E-state index is 0.589. The van der Waals surface area contributed by atoms with Gasteiger partial charge in [0.1, 0.15) is 0 Å². The molecule has 1 nitrogen and oxygen atoms in total. The Morgan fingerprint density at radius 2 is 1.78 bits per heavy atom. The maximum atomic E-state index is 3.73. The van der Waals surface area contributed by atoms with Gasteiger partial charge in [-0.3, -0.25) is 0 Å². The average molecular weight is 247 g/mol. The topological polar surface area (TPSA) is 12.0 Å². The Labute approximate surface area is 113 Å². The SMILES string of the molecule is CCCNC(Cc1ccccc1C)C(C)C(C)C. The molecular formula is C17H29N. The molecule has 0 saturated carbocycles. The summed E-state index contributed by atoms with van der Waals surface area (Å²) < 4.78 is 0. The fourth-order valence-corrected chi connectivity index (χ4v) is 2.31. The van der Waals surface area contributed by atoms with Crippen molar-refractivity contribution in [2.75, 3.05) is 6.54 Å². The minimum Gasteiger partial charge on any atom is -0.313 e. The summed E-state index contributed by atoms with van der Waals surface area (Å²) in [5.74, 6) is 1.43. The molecule has 1 aromatic rings. The van der Waals surface area contributed by atoms with Crippen molar-refractivity contribution in [2.24, 2.45) is 11.8 Å². The average Bonchev–Trinajstić information content (AvgIpc) is 2.35. The normalized spacial score (nSPS) is 14.8. The Balaban J connectivity index is 2.74. The van der Waals surface area contributed by atoms with Crippen molar-refractivity contribution in [1.82, 2.24) is 5.32 Å². The molecule has 0 heterocycles. The molecule has 0 spiro atoms. The van der Waals surface area contributed by atoms with Gasteiger partial charge < -0.3 is 5.32 Å². The molecule has 0 aliphatic rings. The van der Waals surface area contributed by atoms with Crippen LogP contribution in [0.25, 0.3) is 0 Å². The Kier molecular flexibility index (Phi) is 6.42. The van der Waals surface area contributed by atoms with E-state index in [1.807, 2.05) is 0 Å². The fourth-order valence-electron chi connectivity index (χ4n) is 2.31. The summed E-state index contributed by atoms with van der Waals surface area (Å²) in [6.45, 7) is 12.6. The smallest absolute Gasteiger partial charge is 0.0136 e. The van der Waals surface area contributed by atoms with E-state index >= 15 is 0 Å². The van der Waals surface area contributed by atoms with E-state index in [4.69, 9.17) is 0 Å². The van der Waals surface area contributed by atoms with Crippen LogP contribution >= 0.6 is 0 Å². The minimum atomic E-state index is 0.589. The maximum Gasteiger partial charge on any atom is 0.0136 e. The molecule has 0 aliphatic heterocycles. The van der Waals surface area contributed by atoms with Crippen molar-refractivity contribution in [3.05, 3.63) is 35.4 Å². The molecule has 1 N–H and O–H groups in total. The van der Waals surface area contributed by atoms with E-state index in [2.05, 4.69) is 64.2 Å². The second kappa shape index (κ2) is 7.58. The number of aryl methyl sites for hydroxylation is 1. The zero-order valence-corrected chi connectivity index (χ0v) is 12.7. The van der Waals surface area contributed by atoms with Crippen molar-refractivity contribution in [3.8, 4) is 0 Å². The molecular weight excluding hydrogens is 218 g/mol. The van der Waals surface area contributed by atoms with Gasteiger partial charge in [0, 0.05) is 6.04 Å². The van der Waals surface area contributed by atoms with E-state index in [1.54, 1.807) is 0 Å². The standard InChI is InChI=1S/C17H29N/c1-6-11-18-17(15(5)13(2)3)12-16-10-8-7-9-14(16)4/h7-10,13,15,17-18H,6,11-12H2,1-5H3. The fraction of sp³-hybridized carbons (Fsp3) is 0.647. The quantitative estimate of drug-likeness (QED) is 0.761. The van der Waals surface area contributed by atoms with E-state index in [0.29, 0.717) is 12.0 Å². The highest BCUT2D eigenvalue weighted by atomic mass is 14.9. The van der Waals surface area contributed by atoms with Crippen LogP contribution in [0.1, 0.15) is 45.2 Å². The van der Waals surface area contributed by atoms with Crippen molar-refractivity contribution in [2.45, 2.75) is 53.5 Å². The molecule has 102 valence electrons. The molecule has 0 radical (unpaired) electrons. The van der Waals surface area contributed by atoms with Gasteiger partial charge in [0.15, 0.2) is 0 Å². The lowest BCUT2D eigenvalue weighted by Crippen LogP contribution is -2.39. The Bertz CT molecular complexity index is 343. The molecule has 0 aliphatic carbocycles. The summed E-state index contributed by atoms with van der Waals surface area (Å²) in [6.07, 6.45) is 2.35. The van der Waals surface area contributed by atoms with Crippen molar-refractivity contribution in [1.29, 1.82) is 0 Å². The zero-order chi connectivity index (χ0) is 13.5. The summed E-state index contributed by atoms with van der Waals surface area (Å²) >= 11 is 0. The van der Waals surface area contributed by atoms with Crippen LogP contribution in [0.15, 0.2) is 24.3 Å². The highest BCUT2D eigenvalue weighted by Crippen LogP contribution is 2.20. The van der Waals surface area contributed by atoms with Gasteiger partial charge in [-0.15, -0.1) is 0 Å². The highest BCUT2D eigenvalue weighted by Gasteiger charge is 2.20. The van der Waals surface area contributed by atoms with Gasteiger partial charge in [-0.2, -0.15) is 0 Å². The summed E-state index contributed by atoms with van der Waals surface area (Å²) in [7, 11) is 0. The summed E-state index contributed by atoms with van der Waals surface area (Å²) in [5, 5.41) is 3.73. The number of benzene rings is 1. The molecule has 0 bridgehead atoms. The summed E-state index contributed by atoms with van der Waals surface area (Å²) in [6, 6.07) is 9.35. The molecule has 1 rings (SSSR count). The van der Waals surface area contributed by atoms with Gasteiger partial charge in [0.2, 0.25) is 0 Å². The monoisotopic (exact) mass is 247 g/mol. The molecule has 2 unspecified atom stereocenters. The van der Waals surface area contributed by atoms with Gasteiger partial charge in [-0.25, -0.2) is 0 Å². The maximum absolute atomic E-state index is 3.73. The summed E-state index contributed by atoms with van der Waals surface area (Å²) in [4.78, 5) is 0. The van der Waals surface area contributed by atoms with E-state index in [1.165, 1.54) is 17.5 Å². The Morgan fingerprint density at radius 1 is 1.11 bits per heavy atom. The molecule has 1 heteroatoms. The van der Waals surface area contributed by atoms with Gasteiger partial charge >= 0.3 is 0 Å². The van der Waals surface area contributed by atoms with Gasteiger partial charge in [0.05, 0.1) is 0 Å². The van der Waals surface area contributed by atoms with Crippen molar-refractivity contribution < 1.29 is 0 Å². The number of nitrogens with one attached hydrogen (secondary N) is 1. The zero-order valence-electron chi connectivity index (χ0n) is 12.7. The van der Waals surface area contributed by atoms with Crippen LogP contribution in [0, 0.1) is 18.8 Å². The molecule has 0 fully saturated rings. The van der Waals surface area contributed by atoms with Crippen LogP contribution in [0.5, 0.6) is 0 Å². The molecule has 0 aromatic heterocycles. The first-order chi connectivity index (χ1) is 8.56. The largest absolute Gasteiger partial charge is 0.313 e. The first-order valence-electron chi connectivity index (χ1n) is 7.34. The molecule has 0 amide bonds. The summed E-state index contributed by atoms with van der Waals surface area (Å²) in [5.41, 5.74) is 2.90. The van der Waals surface area contributed by atoms with Crippen LogP contribution < -0.4 is 5.32 Å². The molecule has 1 aromatic carbocycles. The third-order valence-electron chi connectivity index (χ3n) is 4.04. The van der Waals surface area contributed by atoms with Gasteiger partial charge in [-0.1, -0.05) is 52.0 Å². The second-order valence-electron chi connectivity index (χ2n) is 5.79. The predicted octanol–water partition coefficient (Wildman–Crippen LogP) is 4.20. The third-order valence-corrected chi connectivity index (χ3v) is 4.04. The lowest BCUT2D eigenvalue weighted by atomic mass is 9.85. The van der Waals surface area contributed by atoms with E-state index in [9.17, 15) is 0 Å². The van der Waals surface area contributed by atoms with E-state index in [-0.39, 0.29) is 0 Å². The van der Waals surface area contributed by atoms with E-state index in [0.717, 1.165) is 18.9 Å². The van der Waals surface area contributed by atoms with Gasteiger partial charge in [-0.05, 0) is 49.3 Å². The number of rotatable bonds is 7. The lowest BCUT2D eigenvalue weighted by Gasteiger charge is -2.28. The van der Waals surface area contributed by atoms with Crippen molar-refractivity contribution in [3.63, 3.8) is 0 Å². The van der Waals surface area contributed by atoms with Crippen LogP contribution in [0.2, 0.25) is 0 Å². The first kappa shape index (κ1) is 15.2. The molecule has 2 atom stereocenters.